The fraction of sp³-hybridized carbons (Fsp3) is 0.632. The van der Waals surface area contributed by atoms with Crippen molar-refractivity contribution < 1.29 is 14.3 Å². The van der Waals surface area contributed by atoms with E-state index in [4.69, 9.17) is 9.47 Å². The van der Waals surface area contributed by atoms with Crippen LogP contribution in [-0.2, 0) is 4.79 Å². The first-order valence-corrected chi connectivity index (χ1v) is 9.85. The molecule has 0 saturated carbocycles. The minimum absolute atomic E-state index is 0.0361. The highest BCUT2D eigenvalue weighted by Crippen LogP contribution is 2.43. The standard InChI is InChI=1S/C19H29NO3S/c1-5-7-8-14(6-2)18(21)20-11-12-24-19(20)16-10-9-15(22-3)13-17(16)23-4/h9-10,13-14,19H,5-8,11-12H2,1-4H3/t14-,19+/m0/s1. The van der Waals surface area contributed by atoms with E-state index in [0.29, 0.717) is 5.91 Å². The zero-order valence-electron chi connectivity index (χ0n) is 15.2. The molecule has 1 aromatic carbocycles. The molecular formula is C19H29NO3S. The predicted molar refractivity (Wildman–Crippen MR) is 99.8 cm³/mol. The van der Waals surface area contributed by atoms with E-state index in [2.05, 4.69) is 13.8 Å². The van der Waals surface area contributed by atoms with E-state index in [9.17, 15) is 4.79 Å². The molecule has 1 saturated heterocycles. The Morgan fingerprint density at radius 2 is 2.12 bits per heavy atom. The topological polar surface area (TPSA) is 38.8 Å². The third kappa shape index (κ3) is 4.18. The van der Waals surface area contributed by atoms with E-state index < -0.39 is 0 Å². The van der Waals surface area contributed by atoms with E-state index in [1.807, 2.05) is 34.9 Å². The Morgan fingerprint density at radius 3 is 2.75 bits per heavy atom. The number of carbonyl (C=O) groups excluding carboxylic acids is 1. The van der Waals surface area contributed by atoms with Gasteiger partial charge in [-0.1, -0.05) is 26.7 Å². The van der Waals surface area contributed by atoms with Crippen LogP contribution in [-0.4, -0.2) is 37.3 Å². The summed E-state index contributed by atoms with van der Waals surface area (Å²) < 4.78 is 10.8. The van der Waals surface area contributed by atoms with Gasteiger partial charge < -0.3 is 14.4 Å². The van der Waals surface area contributed by atoms with Crippen molar-refractivity contribution in [3.8, 4) is 11.5 Å². The van der Waals surface area contributed by atoms with Crippen molar-refractivity contribution in [1.29, 1.82) is 0 Å². The normalized spacial score (nSPS) is 18.5. The first-order chi connectivity index (χ1) is 11.7. The molecule has 0 spiro atoms. The molecule has 0 bridgehead atoms. The molecule has 24 heavy (non-hydrogen) atoms. The van der Waals surface area contributed by atoms with Gasteiger partial charge in [-0.15, -0.1) is 11.8 Å². The summed E-state index contributed by atoms with van der Waals surface area (Å²) in [4.78, 5) is 15.1. The zero-order chi connectivity index (χ0) is 17.5. The SMILES string of the molecule is CCCC[C@H](CC)C(=O)N1CCS[C@@H]1c1ccc(OC)cc1OC. The summed E-state index contributed by atoms with van der Waals surface area (Å²) in [6.07, 6.45) is 4.14. The number of hydrogen-bond acceptors (Lipinski definition) is 4. The monoisotopic (exact) mass is 351 g/mol. The number of benzene rings is 1. The van der Waals surface area contributed by atoms with Crippen LogP contribution in [0.3, 0.4) is 0 Å². The summed E-state index contributed by atoms with van der Waals surface area (Å²) in [5.74, 6) is 2.95. The molecule has 1 amide bonds. The fourth-order valence-electron chi connectivity index (χ4n) is 3.16. The van der Waals surface area contributed by atoms with E-state index in [1.165, 1.54) is 0 Å². The van der Waals surface area contributed by atoms with Gasteiger partial charge in [-0.25, -0.2) is 0 Å². The first kappa shape index (κ1) is 19.0. The maximum atomic E-state index is 13.0. The minimum atomic E-state index is 0.0361. The average Bonchev–Trinajstić information content (AvgIpc) is 3.10. The first-order valence-electron chi connectivity index (χ1n) is 8.80. The van der Waals surface area contributed by atoms with Crippen LogP contribution in [0.5, 0.6) is 11.5 Å². The molecule has 0 radical (unpaired) electrons. The van der Waals surface area contributed by atoms with Crippen LogP contribution < -0.4 is 9.47 Å². The molecular weight excluding hydrogens is 322 g/mol. The third-order valence-corrected chi connectivity index (χ3v) is 5.87. The van der Waals surface area contributed by atoms with E-state index in [-0.39, 0.29) is 11.3 Å². The van der Waals surface area contributed by atoms with Crippen LogP contribution in [0.1, 0.15) is 50.5 Å². The number of hydrogen-bond donors (Lipinski definition) is 0. The van der Waals surface area contributed by atoms with Crippen molar-refractivity contribution in [2.75, 3.05) is 26.5 Å². The maximum Gasteiger partial charge on any atom is 0.226 e. The number of nitrogens with zero attached hydrogens (tertiary/aromatic N) is 1. The number of methoxy groups -OCH3 is 2. The molecule has 1 fully saturated rings. The van der Waals surface area contributed by atoms with Crippen LogP contribution in [0, 0.1) is 5.92 Å². The highest BCUT2D eigenvalue weighted by atomic mass is 32.2. The van der Waals surface area contributed by atoms with Gasteiger partial charge in [0.25, 0.3) is 0 Å². The number of thioether (sulfide) groups is 1. The molecule has 1 aliphatic rings. The highest BCUT2D eigenvalue weighted by molar-refractivity contribution is 7.99. The second-order valence-corrected chi connectivity index (χ2v) is 7.30. The smallest absolute Gasteiger partial charge is 0.226 e. The highest BCUT2D eigenvalue weighted by Gasteiger charge is 2.35. The van der Waals surface area contributed by atoms with Crippen molar-refractivity contribution in [2.24, 2.45) is 5.92 Å². The summed E-state index contributed by atoms with van der Waals surface area (Å²) in [5, 5.41) is 0.0361. The van der Waals surface area contributed by atoms with Gasteiger partial charge in [-0.2, -0.15) is 0 Å². The van der Waals surface area contributed by atoms with Gasteiger partial charge in [0, 0.05) is 29.8 Å². The quantitative estimate of drug-likeness (QED) is 0.691. The van der Waals surface area contributed by atoms with Crippen molar-refractivity contribution in [3.63, 3.8) is 0 Å². The van der Waals surface area contributed by atoms with Crippen molar-refractivity contribution in [2.45, 2.75) is 44.9 Å². The molecule has 1 aromatic rings. The molecule has 4 nitrogen and oxygen atoms in total. The molecule has 0 N–H and O–H groups in total. The van der Waals surface area contributed by atoms with Crippen molar-refractivity contribution in [1.82, 2.24) is 4.90 Å². The van der Waals surface area contributed by atoms with E-state index in [1.54, 1.807) is 14.2 Å². The summed E-state index contributed by atoms with van der Waals surface area (Å²) in [6.45, 7) is 5.10. The zero-order valence-corrected chi connectivity index (χ0v) is 16.0. The maximum absolute atomic E-state index is 13.0. The lowest BCUT2D eigenvalue weighted by Gasteiger charge is -2.29. The summed E-state index contributed by atoms with van der Waals surface area (Å²) in [7, 11) is 3.31. The van der Waals surface area contributed by atoms with E-state index >= 15 is 0 Å². The molecule has 2 atom stereocenters. The summed E-state index contributed by atoms with van der Waals surface area (Å²) in [6, 6.07) is 5.85. The summed E-state index contributed by atoms with van der Waals surface area (Å²) in [5.41, 5.74) is 1.06. The van der Waals surface area contributed by atoms with Crippen LogP contribution in [0.4, 0.5) is 0 Å². The Balaban J connectivity index is 2.22. The Bertz CT molecular complexity index is 549. The number of rotatable bonds is 8. The van der Waals surface area contributed by atoms with Gasteiger partial charge in [0.15, 0.2) is 0 Å². The van der Waals surface area contributed by atoms with Gasteiger partial charge in [0.1, 0.15) is 16.9 Å². The lowest BCUT2D eigenvalue weighted by Crippen LogP contribution is -2.35. The van der Waals surface area contributed by atoms with Crippen molar-refractivity contribution >= 4 is 17.7 Å². The lowest BCUT2D eigenvalue weighted by atomic mass is 9.97. The molecule has 0 aliphatic carbocycles. The lowest BCUT2D eigenvalue weighted by molar-refractivity contribution is -0.136. The van der Waals surface area contributed by atoms with Gasteiger partial charge in [0.2, 0.25) is 5.91 Å². The van der Waals surface area contributed by atoms with Crippen LogP contribution in [0.25, 0.3) is 0 Å². The van der Waals surface area contributed by atoms with Gasteiger partial charge in [-0.05, 0) is 25.0 Å². The Hall–Kier alpha value is -1.36. The number of carbonyl (C=O) groups is 1. The van der Waals surface area contributed by atoms with Crippen molar-refractivity contribution in [3.05, 3.63) is 23.8 Å². The Kier molecular flexibility index (Phi) is 7.28. The molecule has 1 heterocycles. The molecule has 134 valence electrons. The average molecular weight is 352 g/mol. The second-order valence-electron chi connectivity index (χ2n) is 6.11. The molecule has 0 unspecified atom stereocenters. The summed E-state index contributed by atoms with van der Waals surface area (Å²) >= 11 is 1.81. The number of ether oxygens (including phenoxy) is 2. The van der Waals surface area contributed by atoms with Crippen LogP contribution in [0.15, 0.2) is 18.2 Å². The largest absolute Gasteiger partial charge is 0.497 e. The molecule has 0 aromatic heterocycles. The number of unbranched alkanes of at least 4 members (excludes halogenated alkanes) is 1. The molecule has 2 rings (SSSR count). The Morgan fingerprint density at radius 1 is 1.33 bits per heavy atom. The van der Waals surface area contributed by atoms with Crippen LogP contribution in [0.2, 0.25) is 0 Å². The van der Waals surface area contributed by atoms with Crippen LogP contribution >= 0.6 is 11.8 Å². The third-order valence-electron chi connectivity index (χ3n) is 4.63. The van der Waals surface area contributed by atoms with Gasteiger partial charge in [0.05, 0.1) is 14.2 Å². The second kappa shape index (κ2) is 9.21. The minimum Gasteiger partial charge on any atom is -0.497 e. The number of amides is 1. The van der Waals surface area contributed by atoms with Gasteiger partial charge in [-0.3, -0.25) is 4.79 Å². The fourth-order valence-corrected chi connectivity index (χ4v) is 4.45. The molecule has 5 heteroatoms. The Labute approximate surface area is 149 Å². The predicted octanol–water partition coefficient (Wildman–Crippen LogP) is 4.49. The van der Waals surface area contributed by atoms with E-state index in [0.717, 1.165) is 55.0 Å². The molecule has 1 aliphatic heterocycles. The van der Waals surface area contributed by atoms with Gasteiger partial charge >= 0.3 is 0 Å².